The minimum absolute atomic E-state index is 0.295. The molecule has 1 aliphatic heterocycles. The van der Waals surface area contributed by atoms with Gasteiger partial charge in [0.15, 0.2) is 0 Å². The number of H-pyrrole nitrogens is 1. The number of hydrogen-bond acceptors (Lipinski definition) is 4. The van der Waals surface area contributed by atoms with Crippen LogP contribution in [0.1, 0.15) is 51.5 Å². The predicted octanol–water partition coefficient (Wildman–Crippen LogP) is 0.867. The standard InChI is InChI=1S/C16H25N3O3/c1-16(22)11-18(12-5-3-2-4-6-12)9-7-13(16)19-10-8-14(20)17-15(19)21/h8,10,12-13,22H,2-7,9,11H2,1H3,(H,17,20,21)/t13-,16-/m1/s1. The van der Waals surface area contributed by atoms with E-state index in [4.69, 9.17) is 0 Å². The molecule has 22 heavy (non-hydrogen) atoms. The number of nitrogens with zero attached hydrogens (tertiary/aromatic N) is 2. The van der Waals surface area contributed by atoms with E-state index >= 15 is 0 Å². The van der Waals surface area contributed by atoms with Crippen LogP contribution < -0.4 is 11.2 Å². The van der Waals surface area contributed by atoms with Crippen LogP contribution in [0.2, 0.25) is 0 Å². The lowest BCUT2D eigenvalue weighted by atomic mass is 9.85. The molecule has 122 valence electrons. The van der Waals surface area contributed by atoms with Crippen molar-refractivity contribution in [1.29, 1.82) is 0 Å². The van der Waals surface area contributed by atoms with Gasteiger partial charge in [-0.1, -0.05) is 19.3 Å². The number of aliphatic hydroxyl groups is 1. The highest BCUT2D eigenvalue weighted by Gasteiger charge is 2.41. The number of β-amino-alcohol motifs (C(OH)–C–C–N with tert-alkyl or cyclic N) is 1. The molecule has 6 heteroatoms. The summed E-state index contributed by atoms with van der Waals surface area (Å²) in [5.74, 6) is 0. The van der Waals surface area contributed by atoms with Gasteiger partial charge in [0, 0.05) is 31.4 Å². The molecule has 1 saturated heterocycles. The monoisotopic (exact) mass is 307 g/mol. The maximum atomic E-state index is 12.0. The lowest BCUT2D eigenvalue weighted by Gasteiger charge is -2.47. The number of aromatic nitrogens is 2. The quantitative estimate of drug-likeness (QED) is 0.850. The van der Waals surface area contributed by atoms with Gasteiger partial charge in [-0.2, -0.15) is 0 Å². The van der Waals surface area contributed by atoms with Crippen molar-refractivity contribution in [3.63, 3.8) is 0 Å². The van der Waals surface area contributed by atoms with Crippen LogP contribution in [-0.2, 0) is 0 Å². The summed E-state index contributed by atoms with van der Waals surface area (Å²) in [5.41, 5.74) is -1.82. The SMILES string of the molecule is C[C@@]1(O)CN(C2CCCCC2)CC[C@H]1n1ccc(=O)[nH]c1=O. The molecule has 0 aromatic carbocycles. The number of aromatic amines is 1. The summed E-state index contributed by atoms with van der Waals surface area (Å²) in [7, 11) is 0. The first kappa shape index (κ1) is 15.5. The molecule has 1 aromatic heterocycles. The van der Waals surface area contributed by atoms with Gasteiger partial charge in [0.05, 0.1) is 11.6 Å². The van der Waals surface area contributed by atoms with Gasteiger partial charge in [0.25, 0.3) is 5.56 Å². The van der Waals surface area contributed by atoms with E-state index in [2.05, 4.69) is 9.88 Å². The Morgan fingerprint density at radius 1 is 1.23 bits per heavy atom. The molecule has 1 saturated carbocycles. The Morgan fingerprint density at radius 3 is 2.59 bits per heavy atom. The minimum Gasteiger partial charge on any atom is -0.387 e. The smallest absolute Gasteiger partial charge is 0.328 e. The van der Waals surface area contributed by atoms with E-state index in [0.29, 0.717) is 12.6 Å². The molecule has 0 unspecified atom stereocenters. The van der Waals surface area contributed by atoms with E-state index in [1.807, 2.05) is 0 Å². The van der Waals surface area contributed by atoms with Crippen LogP contribution in [0.15, 0.2) is 21.9 Å². The van der Waals surface area contributed by atoms with Crippen LogP contribution in [-0.4, -0.2) is 44.3 Å². The fourth-order valence-electron chi connectivity index (χ4n) is 4.06. The van der Waals surface area contributed by atoms with Crippen molar-refractivity contribution in [3.05, 3.63) is 33.1 Å². The van der Waals surface area contributed by atoms with Crippen LogP contribution in [0.25, 0.3) is 0 Å². The fraction of sp³-hybridized carbons (Fsp3) is 0.750. The van der Waals surface area contributed by atoms with Gasteiger partial charge in [-0.25, -0.2) is 4.79 Å². The average Bonchev–Trinajstić information content (AvgIpc) is 2.48. The lowest BCUT2D eigenvalue weighted by molar-refractivity contribution is -0.0729. The summed E-state index contributed by atoms with van der Waals surface area (Å²) < 4.78 is 1.47. The van der Waals surface area contributed by atoms with E-state index < -0.39 is 16.9 Å². The maximum absolute atomic E-state index is 12.0. The molecule has 0 spiro atoms. The summed E-state index contributed by atoms with van der Waals surface area (Å²) in [6.45, 7) is 3.26. The Hall–Kier alpha value is -1.40. The van der Waals surface area contributed by atoms with E-state index in [1.54, 1.807) is 6.92 Å². The van der Waals surface area contributed by atoms with Gasteiger partial charge in [0.2, 0.25) is 0 Å². The number of hydrogen-bond donors (Lipinski definition) is 2. The van der Waals surface area contributed by atoms with Crippen molar-refractivity contribution in [3.8, 4) is 0 Å². The van der Waals surface area contributed by atoms with Crippen LogP contribution in [0.4, 0.5) is 0 Å². The fourth-order valence-corrected chi connectivity index (χ4v) is 4.06. The van der Waals surface area contributed by atoms with Gasteiger partial charge in [-0.3, -0.25) is 19.2 Å². The van der Waals surface area contributed by atoms with Crippen LogP contribution >= 0.6 is 0 Å². The summed E-state index contributed by atoms with van der Waals surface area (Å²) in [4.78, 5) is 27.9. The zero-order valence-corrected chi connectivity index (χ0v) is 13.1. The number of rotatable bonds is 2. The Balaban J connectivity index is 1.78. The van der Waals surface area contributed by atoms with Crippen LogP contribution in [0.3, 0.4) is 0 Å². The highest BCUT2D eigenvalue weighted by molar-refractivity contribution is 4.99. The minimum atomic E-state index is -0.974. The summed E-state index contributed by atoms with van der Waals surface area (Å²) in [5, 5.41) is 10.9. The molecule has 3 rings (SSSR count). The largest absolute Gasteiger partial charge is 0.387 e. The number of nitrogens with one attached hydrogen (secondary N) is 1. The molecule has 0 bridgehead atoms. The zero-order valence-electron chi connectivity index (χ0n) is 13.1. The van der Waals surface area contributed by atoms with Crippen molar-refractivity contribution in [2.75, 3.05) is 13.1 Å². The third-order valence-electron chi connectivity index (χ3n) is 5.21. The second-order valence-corrected chi connectivity index (χ2v) is 6.94. The van der Waals surface area contributed by atoms with E-state index in [1.165, 1.54) is 48.9 Å². The molecule has 2 heterocycles. The topological polar surface area (TPSA) is 78.3 Å². The third kappa shape index (κ3) is 3.03. The van der Waals surface area contributed by atoms with E-state index in [-0.39, 0.29) is 6.04 Å². The van der Waals surface area contributed by atoms with Gasteiger partial charge in [0.1, 0.15) is 0 Å². The molecular formula is C16H25N3O3. The first-order valence-electron chi connectivity index (χ1n) is 8.25. The Bertz CT molecular complexity index is 628. The molecule has 2 fully saturated rings. The second-order valence-electron chi connectivity index (χ2n) is 6.94. The molecule has 0 radical (unpaired) electrons. The van der Waals surface area contributed by atoms with Crippen molar-refractivity contribution in [1.82, 2.24) is 14.5 Å². The Kier molecular flexibility index (Phi) is 4.23. The van der Waals surface area contributed by atoms with E-state index in [9.17, 15) is 14.7 Å². The molecule has 0 amide bonds. The summed E-state index contributed by atoms with van der Waals surface area (Å²) >= 11 is 0. The average molecular weight is 307 g/mol. The molecule has 2 atom stereocenters. The Labute approximate surface area is 129 Å². The van der Waals surface area contributed by atoms with Crippen molar-refractivity contribution in [2.24, 2.45) is 0 Å². The first-order chi connectivity index (χ1) is 10.5. The third-order valence-corrected chi connectivity index (χ3v) is 5.21. The number of likely N-dealkylation sites (tertiary alicyclic amines) is 1. The Morgan fingerprint density at radius 2 is 1.95 bits per heavy atom. The summed E-state index contributed by atoms with van der Waals surface area (Å²) in [6, 6.07) is 1.61. The molecule has 6 nitrogen and oxygen atoms in total. The number of piperidine rings is 1. The zero-order chi connectivity index (χ0) is 15.7. The normalized spacial score (nSPS) is 31.3. The summed E-state index contributed by atoms with van der Waals surface area (Å²) in [6.07, 6.45) is 8.49. The van der Waals surface area contributed by atoms with Gasteiger partial charge in [-0.15, -0.1) is 0 Å². The molecule has 1 aromatic rings. The van der Waals surface area contributed by atoms with Crippen molar-refractivity contribution in [2.45, 2.75) is 63.1 Å². The predicted molar refractivity (Wildman–Crippen MR) is 84.0 cm³/mol. The molecular weight excluding hydrogens is 282 g/mol. The van der Waals surface area contributed by atoms with Gasteiger partial charge >= 0.3 is 5.69 Å². The second kappa shape index (κ2) is 6.01. The van der Waals surface area contributed by atoms with Crippen molar-refractivity contribution >= 4 is 0 Å². The van der Waals surface area contributed by atoms with Crippen LogP contribution in [0, 0.1) is 0 Å². The highest BCUT2D eigenvalue weighted by Crippen LogP contribution is 2.34. The highest BCUT2D eigenvalue weighted by atomic mass is 16.3. The first-order valence-corrected chi connectivity index (χ1v) is 8.25. The lowest BCUT2D eigenvalue weighted by Crippen LogP contribution is -2.57. The molecule has 2 N–H and O–H groups in total. The van der Waals surface area contributed by atoms with Crippen molar-refractivity contribution < 1.29 is 5.11 Å². The molecule has 1 aliphatic carbocycles. The van der Waals surface area contributed by atoms with Gasteiger partial charge < -0.3 is 5.11 Å². The maximum Gasteiger partial charge on any atom is 0.328 e. The van der Waals surface area contributed by atoms with Crippen LogP contribution in [0.5, 0.6) is 0 Å². The van der Waals surface area contributed by atoms with Gasteiger partial charge in [-0.05, 0) is 26.2 Å². The molecule has 2 aliphatic rings. The van der Waals surface area contributed by atoms with E-state index in [0.717, 1.165) is 13.0 Å².